The van der Waals surface area contributed by atoms with Crippen LogP contribution in [-0.2, 0) is 0 Å². The quantitative estimate of drug-likeness (QED) is 0.762. The number of aromatic amines is 1. The zero-order valence-electron chi connectivity index (χ0n) is 7.88. The Morgan fingerprint density at radius 3 is 3.07 bits per heavy atom. The summed E-state index contributed by atoms with van der Waals surface area (Å²) in [5, 5.41) is 6.28. The zero-order valence-corrected chi connectivity index (χ0v) is 8.64. The van der Waals surface area contributed by atoms with E-state index in [0.717, 1.165) is 25.2 Å². The smallest absolute Gasteiger partial charge is 0.285 e. The van der Waals surface area contributed by atoms with Crippen molar-refractivity contribution in [2.45, 2.75) is 13.3 Å². The third-order valence-electron chi connectivity index (χ3n) is 2.39. The lowest BCUT2D eigenvalue weighted by molar-refractivity contribution is 0.922. The summed E-state index contributed by atoms with van der Waals surface area (Å²) in [5.74, 6) is 1.40. The van der Waals surface area contributed by atoms with Crippen molar-refractivity contribution in [1.29, 1.82) is 0 Å². The van der Waals surface area contributed by atoms with Crippen molar-refractivity contribution >= 4 is 17.3 Å². The first-order chi connectivity index (χ1) is 6.68. The molecule has 14 heavy (non-hydrogen) atoms. The normalized spacial score (nSPS) is 17.7. The number of hydrogen-bond donors (Lipinski definition) is 1. The van der Waals surface area contributed by atoms with Crippen LogP contribution in [0.5, 0.6) is 0 Å². The Bertz CT molecular complexity index is 390. The highest BCUT2D eigenvalue weighted by Gasteiger charge is 2.22. The molecule has 0 atom stereocenters. The third-order valence-corrected chi connectivity index (χ3v) is 2.75. The molecule has 0 unspecified atom stereocenters. The zero-order chi connectivity index (χ0) is 10.1. The van der Waals surface area contributed by atoms with Crippen LogP contribution in [-0.4, -0.2) is 23.3 Å². The summed E-state index contributed by atoms with van der Waals surface area (Å²) in [6.45, 7) is 3.88. The molecular weight excluding hydrogens is 202 g/mol. The first kappa shape index (κ1) is 9.52. The molecule has 0 aromatic carbocycles. The van der Waals surface area contributed by atoms with Crippen LogP contribution in [0.2, 0.25) is 5.02 Å². The lowest BCUT2D eigenvalue weighted by atomic mass is 10.2. The monoisotopic (exact) mass is 212 g/mol. The van der Waals surface area contributed by atoms with Gasteiger partial charge < -0.3 is 4.90 Å². The molecule has 1 aliphatic rings. The molecule has 0 amide bonds. The fourth-order valence-electron chi connectivity index (χ4n) is 1.61. The van der Waals surface area contributed by atoms with E-state index in [1.54, 1.807) is 6.20 Å². The van der Waals surface area contributed by atoms with Gasteiger partial charge in [-0.1, -0.05) is 18.5 Å². The molecule has 1 saturated heterocycles. The van der Waals surface area contributed by atoms with Gasteiger partial charge in [0.2, 0.25) is 0 Å². The maximum absolute atomic E-state index is 11.2. The molecule has 0 aliphatic carbocycles. The van der Waals surface area contributed by atoms with Gasteiger partial charge in [0.1, 0.15) is 5.02 Å². The maximum atomic E-state index is 11.2. The summed E-state index contributed by atoms with van der Waals surface area (Å²) < 4.78 is 0. The van der Waals surface area contributed by atoms with Gasteiger partial charge in [0.25, 0.3) is 5.56 Å². The van der Waals surface area contributed by atoms with E-state index in [4.69, 9.17) is 11.6 Å². The molecule has 1 fully saturated rings. The Labute approximate surface area is 86.9 Å². The lowest BCUT2D eigenvalue weighted by Gasteiger charge is -2.17. The predicted octanol–water partition coefficient (Wildman–Crippen LogP) is 1.23. The lowest BCUT2D eigenvalue weighted by Crippen LogP contribution is -2.22. The Kier molecular flexibility index (Phi) is 2.46. The standard InChI is InChI=1S/C9H11ClN3O/c1-6-2-3-13(5-6)7-4-11-12-9(14)8(7)10/h4H,2-3,5H2,1H3,(H,12,14). The average molecular weight is 213 g/mol. The van der Waals surface area contributed by atoms with Crippen LogP contribution in [0, 0.1) is 5.92 Å². The van der Waals surface area contributed by atoms with Crippen LogP contribution >= 0.6 is 11.6 Å². The first-order valence-corrected chi connectivity index (χ1v) is 4.85. The van der Waals surface area contributed by atoms with Crippen molar-refractivity contribution < 1.29 is 0 Å². The molecule has 1 N–H and O–H groups in total. The molecule has 75 valence electrons. The molecule has 1 radical (unpaired) electrons. The fourth-order valence-corrected chi connectivity index (χ4v) is 1.82. The van der Waals surface area contributed by atoms with Gasteiger partial charge in [0.15, 0.2) is 0 Å². The van der Waals surface area contributed by atoms with E-state index in [-0.39, 0.29) is 10.6 Å². The largest absolute Gasteiger partial charge is 0.368 e. The first-order valence-electron chi connectivity index (χ1n) is 4.48. The molecule has 5 heteroatoms. The molecule has 2 heterocycles. The second-order valence-corrected chi connectivity index (χ2v) is 3.90. The summed E-state index contributed by atoms with van der Waals surface area (Å²) in [5.41, 5.74) is 0.404. The topological polar surface area (TPSA) is 49.0 Å². The number of anilines is 1. The minimum absolute atomic E-state index is 0.231. The fraction of sp³-hybridized carbons (Fsp3) is 0.444. The number of hydrogen-bond acceptors (Lipinski definition) is 3. The van der Waals surface area contributed by atoms with E-state index in [9.17, 15) is 4.79 Å². The van der Waals surface area contributed by atoms with Crippen molar-refractivity contribution in [3.8, 4) is 0 Å². The summed E-state index contributed by atoms with van der Waals surface area (Å²) in [7, 11) is 0. The SMILES string of the molecule is C[C]1CCN(c2cn[nH]c(=O)c2Cl)C1. The van der Waals surface area contributed by atoms with Crippen LogP contribution < -0.4 is 10.5 Å². The van der Waals surface area contributed by atoms with Gasteiger partial charge in [-0.15, -0.1) is 0 Å². The van der Waals surface area contributed by atoms with Gasteiger partial charge in [-0.3, -0.25) is 4.79 Å². The van der Waals surface area contributed by atoms with Crippen LogP contribution in [0.1, 0.15) is 13.3 Å². The summed E-state index contributed by atoms with van der Waals surface area (Å²) >= 11 is 5.89. The van der Waals surface area contributed by atoms with Gasteiger partial charge in [-0.25, -0.2) is 5.10 Å². The summed E-state index contributed by atoms with van der Waals surface area (Å²) in [6, 6.07) is 0. The molecule has 2 rings (SSSR count). The molecular formula is C9H11ClN3O. The van der Waals surface area contributed by atoms with E-state index < -0.39 is 0 Å². The second-order valence-electron chi connectivity index (χ2n) is 3.53. The van der Waals surface area contributed by atoms with Gasteiger partial charge in [-0.05, 0) is 12.3 Å². The van der Waals surface area contributed by atoms with Gasteiger partial charge >= 0.3 is 0 Å². The Morgan fingerprint density at radius 2 is 2.43 bits per heavy atom. The molecule has 0 spiro atoms. The summed E-state index contributed by atoms with van der Waals surface area (Å²) in [4.78, 5) is 13.3. The van der Waals surface area contributed by atoms with E-state index >= 15 is 0 Å². The molecule has 1 aromatic heterocycles. The van der Waals surface area contributed by atoms with E-state index in [1.165, 1.54) is 5.92 Å². The second kappa shape index (κ2) is 3.61. The highest BCUT2D eigenvalue weighted by atomic mass is 35.5. The predicted molar refractivity (Wildman–Crippen MR) is 55.6 cm³/mol. The molecule has 4 nitrogen and oxygen atoms in total. The van der Waals surface area contributed by atoms with Crippen molar-refractivity contribution in [3.63, 3.8) is 0 Å². The Hall–Kier alpha value is -1.03. The van der Waals surface area contributed by atoms with E-state index in [0.29, 0.717) is 0 Å². The van der Waals surface area contributed by atoms with Crippen LogP contribution in [0.4, 0.5) is 5.69 Å². The summed E-state index contributed by atoms with van der Waals surface area (Å²) in [6.07, 6.45) is 2.66. The van der Waals surface area contributed by atoms with Crippen molar-refractivity contribution in [3.05, 3.63) is 27.5 Å². The van der Waals surface area contributed by atoms with Crippen molar-refractivity contribution in [2.24, 2.45) is 0 Å². The highest BCUT2D eigenvalue weighted by molar-refractivity contribution is 6.33. The minimum Gasteiger partial charge on any atom is -0.368 e. The third kappa shape index (κ3) is 1.62. The molecule has 0 saturated carbocycles. The number of H-pyrrole nitrogens is 1. The minimum atomic E-state index is -0.325. The van der Waals surface area contributed by atoms with E-state index in [1.807, 2.05) is 0 Å². The van der Waals surface area contributed by atoms with Crippen LogP contribution in [0.3, 0.4) is 0 Å². The Balaban J connectivity index is 2.33. The highest BCUT2D eigenvalue weighted by Crippen LogP contribution is 2.27. The van der Waals surface area contributed by atoms with Crippen molar-refractivity contribution in [1.82, 2.24) is 10.2 Å². The maximum Gasteiger partial charge on any atom is 0.285 e. The molecule has 0 bridgehead atoms. The molecule has 1 aromatic rings. The number of rotatable bonds is 1. The van der Waals surface area contributed by atoms with Gasteiger partial charge in [0, 0.05) is 13.1 Å². The van der Waals surface area contributed by atoms with Crippen LogP contribution in [0.15, 0.2) is 11.0 Å². The van der Waals surface area contributed by atoms with Gasteiger partial charge in [0.05, 0.1) is 11.9 Å². The number of halogens is 1. The van der Waals surface area contributed by atoms with Crippen LogP contribution in [0.25, 0.3) is 0 Å². The number of nitrogens with zero attached hydrogens (tertiary/aromatic N) is 2. The van der Waals surface area contributed by atoms with Gasteiger partial charge in [-0.2, -0.15) is 5.10 Å². The van der Waals surface area contributed by atoms with Crippen molar-refractivity contribution in [2.75, 3.05) is 18.0 Å². The number of aromatic nitrogens is 2. The average Bonchev–Trinajstić information content (AvgIpc) is 2.57. The Morgan fingerprint density at radius 1 is 1.64 bits per heavy atom. The number of nitrogens with one attached hydrogen (secondary N) is 1. The van der Waals surface area contributed by atoms with E-state index in [2.05, 4.69) is 22.0 Å². The molecule has 1 aliphatic heterocycles.